The monoisotopic (exact) mass is 260 g/mol. The fourth-order valence-corrected chi connectivity index (χ4v) is 2.37. The zero-order valence-electron chi connectivity index (χ0n) is 10.9. The van der Waals surface area contributed by atoms with Gasteiger partial charge in [-0.05, 0) is 43.4 Å². The maximum Gasteiger partial charge on any atom is 0.150 e. The van der Waals surface area contributed by atoms with Crippen molar-refractivity contribution in [2.24, 2.45) is 5.92 Å². The average molecular weight is 260 g/mol. The van der Waals surface area contributed by atoms with E-state index in [1.807, 2.05) is 25.1 Å². The van der Waals surface area contributed by atoms with Gasteiger partial charge in [-0.2, -0.15) is 0 Å². The molecule has 2 aromatic rings. The molecule has 1 heterocycles. The number of hydrogen-bond donors (Lipinski definition) is 1. The Kier molecular flexibility index (Phi) is 3.34. The minimum Gasteiger partial charge on any atom is -0.360 e. The van der Waals surface area contributed by atoms with Crippen LogP contribution in [0.1, 0.15) is 35.9 Å². The van der Waals surface area contributed by atoms with E-state index in [0.29, 0.717) is 12.5 Å². The van der Waals surface area contributed by atoms with Gasteiger partial charge in [0.15, 0.2) is 5.76 Å². The molecule has 0 radical (unpaired) electrons. The van der Waals surface area contributed by atoms with E-state index in [1.54, 1.807) is 0 Å². The van der Waals surface area contributed by atoms with E-state index in [4.69, 9.17) is 4.52 Å². The van der Waals surface area contributed by atoms with Crippen molar-refractivity contribution in [1.29, 1.82) is 0 Å². The molecule has 0 aliphatic heterocycles. The predicted molar refractivity (Wildman–Crippen MR) is 69.9 cm³/mol. The van der Waals surface area contributed by atoms with Gasteiger partial charge in [-0.15, -0.1) is 0 Å². The first kappa shape index (κ1) is 12.4. The minimum absolute atomic E-state index is 0.191. The van der Waals surface area contributed by atoms with Crippen molar-refractivity contribution in [1.82, 2.24) is 10.5 Å². The summed E-state index contributed by atoms with van der Waals surface area (Å²) in [4.78, 5) is 0. The van der Waals surface area contributed by atoms with Crippen LogP contribution in [0.25, 0.3) is 0 Å². The number of nitrogens with one attached hydrogen (secondary N) is 1. The van der Waals surface area contributed by atoms with E-state index in [1.165, 1.54) is 25.0 Å². The zero-order chi connectivity index (χ0) is 13.2. The van der Waals surface area contributed by atoms with Crippen molar-refractivity contribution < 1.29 is 8.91 Å². The molecule has 0 amide bonds. The third-order valence-corrected chi connectivity index (χ3v) is 3.50. The molecule has 1 unspecified atom stereocenters. The first-order chi connectivity index (χ1) is 9.22. The first-order valence-corrected chi connectivity index (χ1v) is 6.63. The smallest absolute Gasteiger partial charge is 0.150 e. The molecule has 1 saturated carbocycles. The molecule has 1 atom stereocenters. The van der Waals surface area contributed by atoms with E-state index in [2.05, 4.69) is 10.5 Å². The van der Waals surface area contributed by atoms with Crippen molar-refractivity contribution >= 4 is 0 Å². The van der Waals surface area contributed by atoms with Gasteiger partial charge in [-0.25, -0.2) is 4.39 Å². The molecule has 1 N–H and O–H groups in total. The van der Waals surface area contributed by atoms with E-state index < -0.39 is 0 Å². The van der Waals surface area contributed by atoms with Crippen LogP contribution in [0, 0.1) is 18.7 Å². The highest BCUT2D eigenvalue weighted by molar-refractivity contribution is 5.22. The van der Waals surface area contributed by atoms with Gasteiger partial charge in [0.2, 0.25) is 0 Å². The van der Waals surface area contributed by atoms with Crippen LogP contribution in [-0.4, -0.2) is 5.16 Å². The Morgan fingerprint density at radius 3 is 2.68 bits per heavy atom. The summed E-state index contributed by atoms with van der Waals surface area (Å²) in [5.74, 6) is 1.30. The number of rotatable bonds is 5. The lowest BCUT2D eigenvalue weighted by molar-refractivity contribution is 0.354. The number of benzene rings is 1. The van der Waals surface area contributed by atoms with Crippen molar-refractivity contribution in [3.63, 3.8) is 0 Å². The second kappa shape index (κ2) is 5.13. The third kappa shape index (κ3) is 3.01. The lowest BCUT2D eigenvalue weighted by Crippen LogP contribution is -2.22. The maximum atomic E-state index is 13.0. The second-order valence-corrected chi connectivity index (χ2v) is 5.18. The quantitative estimate of drug-likeness (QED) is 0.895. The van der Waals surface area contributed by atoms with E-state index >= 15 is 0 Å². The van der Waals surface area contributed by atoms with Crippen molar-refractivity contribution in [2.75, 3.05) is 0 Å². The normalized spacial score (nSPS) is 16.5. The van der Waals surface area contributed by atoms with Crippen molar-refractivity contribution in [3.05, 3.63) is 53.2 Å². The molecule has 0 saturated heterocycles. The van der Waals surface area contributed by atoms with Crippen LogP contribution in [0.3, 0.4) is 0 Å². The fourth-order valence-electron chi connectivity index (χ4n) is 2.37. The number of aromatic nitrogens is 1. The van der Waals surface area contributed by atoms with Gasteiger partial charge in [0.25, 0.3) is 0 Å². The molecule has 1 aliphatic carbocycles. The molecular weight excluding hydrogens is 243 g/mol. The standard InChI is InChI=1S/C15H17FN2O/c1-10-8-14(19-18-10)9-17-15(11-2-3-11)12-4-6-13(16)7-5-12/h4-8,11,15,17H,2-3,9H2,1H3. The predicted octanol–water partition coefficient (Wildman–Crippen LogP) is 3.36. The first-order valence-electron chi connectivity index (χ1n) is 6.63. The summed E-state index contributed by atoms with van der Waals surface area (Å²) in [6.45, 7) is 2.56. The highest BCUT2D eigenvalue weighted by Gasteiger charge is 2.32. The molecule has 0 spiro atoms. The molecule has 19 heavy (non-hydrogen) atoms. The lowest BCUT2D eigenvalue weighted by atomic mass is 10.0. The molecule has 1 aromatic heterocycles. The Hall–Kier alpha value is -1.68. The van der Waals surface area contributed by atoms with E-state index in [9.17, 15) is 4.39 Å². The highest BCUT2D eigenvalue weighted by atomic mass is 19.1. The molecule has 3 rings (SSSR count). The van der Waals surface area contributed by atoms with Crippen molar-refractivity contribution in [2.45, 2.75) is 32.4 Å². The summed E-state index contributed by atoms with van der Waals surface area (Å²) in [5.41, 5.74) is 2.03. The molecular formula is C15H17FN2O. The average Bonchev–Trinajstić information content (AvgIpc) is 3.15. The minimum atomic E-state index is -0.191. The summed E-state index contributed by atoms with van der Waals surface area (Å²) in [7, 11) is 0. The summed E-state index contributed by atoms with van der Waals surface area (Å²) in [5, 5.41) is 7.37. The molecule has 1 aromatic carbocycles. The van der Waals surface area contributed by atoms with Gasteiger partial charge in [0, 0.05) is 12.1 Å². The summed E-state index contributed by atoms with van der Waals surface area (Å²) in [6.07, 6.45) is 2.45. The second-order valence-electron chi connectivity index (χ2n) is 5.18. The lowest BCUT2D eigenvalue weighted by Gasteiger charge is -2.17. The zero-order valence-corrected chi connectivity index (χ0v) is 10.9. The summed E-state index contributed by atoms with van der Waals surface area (Å²) >= 11 is 0. The molecule has 0 bridgehead atoms. The Bertz CT molecular complexity index is 546. The van der Waals surface area contributed by atoms with Crippen LogP contribution in [-0.2, 0) is 6.54 Å². The Morgan fingerprint density at radius 1 is 1.37 bits per heavy atom. The van der Waals surface area contributed by atoms with Crippen LogP contribution in [0.4, 0.5) is 4.39 Å². The number of halogens is 1. The van der Waals surface area contributed by atoms with Gasteiger partial charge < -0.3 is 9.84 Å². The van der Waals surface area contributed by atoms with Crippen LogP contribution in [0.5, 0.6) is 0 Å². The number of aryl methyl sites for hydroxylation is 1. The number of hydrogen-bond acceptors (Lipinski definition) is 3. The maximum absolute atomic E-state index is 13.0. The van der Waals surface area contributed by atoms with Gasteiger partial charge in [0.1, 0.15) is 5.82 Å². The van der Waals surface area contributed by atoms with E-state index in [0.717, 1.165) is 17.0 Å². The van der Waals surface area contributed by atoms with Gasteiger partial charge >= 0.3 is 0 Å². The summed E-state index contributed by atoms with van der Waals surface area (Å²) < 4.78 is 18.2. The largest absolute Gasteiger partial charge is 0.360 e. The van der Waals surface area contributed by atoms with Crippen LogP contribution < -0.4 is 5.32 Å². The molecule has 1 aliphatic rings. The molecule has 4 heteroatoms. The van der Waals surface area contributed by atoms with Gasteiger partial charge in [-0.3, -0.25) is 0 Å². The highest BCUT2D eigenvalue weighted by Crippen LogP contribution is 2.41. The Balaban J connectivity index is 1.69. The van der Waals surface area contributed by atoms with Crippen LogP contribution in [0.15, 0.2) is 34.9 Å². The van der Waals surface area contributed by atoms with E-state index in [-0.39, 0.29) is 11.9 Å². The van der Waals surface area contributed by atoms with Crippen LogP contribution in [0.2, 0.25) is 0 Å². The fraction of sp³-hybridized carbons (Fsp3) is 0.400. The Labute approximate surface area is 111 Å². The molecule has 1 fully saturated rings. The van der Waals surface area contributed by atoms with Gasteiger partial charge in [-0.1, -0.05) is 17.3 Å². The van der Waals surface area contributed by atoms with Crippen LogP contribution >= 0.6 is 0 Å². The Morgan fingerprint density at radius 2 is 2.11 bits per heavy atom. The molecule has 100 valence electrons. The topological polar surface area (TPSA) is 38.1 Å². The SMILES string of the molecule is Cc1cc(CNC(c2ccc(F)cc2)C2CC2)on1. The molecule has 3 nitrogen and oxygen atoms in total. The van der Waals surface area contributed by atoms with Crippen molar-refractivity contribution in [3.8, 4) is 0 Å². The third-order valence-electron chi connectivity index (χ3n) is 3.50. The summed E-state index contributed by atoms with van der Waals surface area (Å²) in [6, 6.07) is 8.96. The van der Waals surface area contributed by atoms with Gasteiger partial charge in [0.05, 0.1) is 12.2 Å². The number of nitrogens with zero attached hydrogens (tertiary/aromatic N) is 1.